The lowest BCUT2D eigenvalue weighted by atomic mass is 10.0. The van der Waals surface area contributed by atoms with Crippen LogP contribution in [0.4, 0.5) is 9.18 Å². The number of nitriles is 1. The third-order valence-corrected chi connectivity index (χ3v) is 5.19. The van der Waals surface area contributed by atoms with E-state index < -0.39 is 0 Å². The molecule has 1 atom stereocenters. The fraction of sp³-hybridized carbons (Fsp3) is 0.579. The van der Waals surface area contributed by atoms with Crippen LogP contribution in [-0.4, -0.2) is 73.2 Å². The molecule has 2 aliphatic heterocycles. The summed E-state index contributed by atoms with van der Waals surface area (Å²) >= 11 is 0. The molecule has 6 nitrogen and oxygen atoms in total. The first-order valence-corrected chi connectivity index (χ1v) is 9.09. The van der Waals surface area contributed by atoms with E-state index in [4.69, 9.17) is 10.00 Å². The second kappa shape index (κ2) is 8.47. The second-order valence-corrected chi connectivity index (χ2v) is 6.94. The molecule has 0 N–H and O–H groups in total. The first-order chi connectivity index (χ1) is 12.6. The van der Waals surface area contributed by atoms with Gasteiger partial charge in [0.25, 0.3) is 0 Å². The van der Waals surface area contributed by atoms with Gasteiger partial charge in [0.15, 0.2) is 0 Å². The van der Waals surface area contributed by atoms with Crippen molar-refractivity contribution in [2.75, 3.05) is 46.4 Å². The molecule has 0 aromatic heterocycles. The van der Waals surface area contributed by atoms with Gasteiger partial charge in [-0.05, 0) is 31.5 Å². The number of hydrogen-bond acceptors (Lipinski definition) is 4. The Morgan fingerprint density at radius 3 is 2.85 bits per heavy atom. The first kappa shape index (κ1) is 18.6. The van der Waals surface area contributed by atoms with Crippen LogP contribution in [0.2, 0.25) is 0 Å². The van der Waals surface area contributed by atoms with Gasteiger partial charge in [0, 0.05) is 44.8 Å². The lowest BCUT2D eigenvalue weighted by Gasteiger charge is -2.40. The summed E-state index contributed by atoms with van der Waals surface area (Å²) in [4.78, 5) is 18.5. The highest BCUT2D eigenvalue weighted by molar-refractivity contribution is 5.74. The van der Waals surface area contributed by atoms with E-state index in [-0.39, 0.29) is 17.9 Å². The zero-order valence-corrected chi connectivity index (χ0v) is 15.2. The van der Waals surface area contributed by atoms with Gasteiger partial charge in [-0.25, -0.2) is 9.18 Å². The van der Waals surface area contributed by atoms with Crippen molar-refractivity contribution < 1.29 is 13.9 Å². The number of nitrogens with zero attached hydrogens (tertiary/aromatic N) is 4. The number of rotatable bonds is 3. The Morgan fingerprint density at radius 2 is 2.15 bits per heavy atom. The van der Waals surface area contributed by atoms with Crippen molar-refractivity contribution in [1.29, 1.82) is 5.26 Å². The number of likely N-dealkylation sites (N-methyl/N-ethyl adjacent to an activating group) is 1. The Kier molecular flexibility index (Phi) is 6.07. The van der Waals surface area contributed by atoms with E-state index in [1.165, 1.54) is 6.07 Å². The topological polar surface area (TPSA) is 59.8 Å². The largest absolute Gasteiger partial charge is 0.378 e. The fourth-order valence-electron chi connectivity index (χ4n) is 3.61. The number of carbonyl (C=O) groups is 1. The van der Waals surface area contributed by atoms with Gasteiger partial charge in [-0.15, -0.1) is 0 Å². The van der Waals surface area contributed by atoms with Gasteiger partial charge < -0.3 is 14.5 Å². The molecular weight excluding hydrogens is 335 g/mol. The lowest BCUT2D eigenvalue weighted by molar-refractivity contribution is 0.0365. The summed E-state index contributed by atoms with van der Waals surface area (Å²) in [5, 5.41) is 8.85. The molecule has 1 unspecified atom stereocenters. The van der Waals surface area contributed by atoms with E-state index in [9.17, 15) is 9.18 Å². The second-order valence-electron chi connectivity index (χ2n) is 6.94. The van der Waals surface area contributed by atoms with E-state index in [1.807, 2.05) is 22.9 Å². The van der Waals surface area contributed by atoms with Crippen molar-refractivity contribution in [2.24, 2.45) is 0 Å². The highest BCUT2D eigenvalue weighted by atomic mass is 19.1. The van der Waals surface area contributed by atoms with Gasteiger partial charge in [-0.2, -0.15) is 5.26 Å². The number of ether oxygens (including phenoxy) is 1. The van der Waals surface area contributed by atoms with Gasteiger partial charge in [0.05, 0.1) is 24.8 Å². The van der Waals surface area contributed by atoms with Crippen LogP contribution in [0.15, 0.2) is 18.2 Å². The maximum atomic E-state index is 14.2. The molecule has 0 aliphatic carbocycles. The van der Waals surface area contributed by atoms with E-state index in [2.05, 4.69) is 4.90 Å². The van der Waals surface area contributed by atoms with E-state index in [0.717, 1.165) is 25.9 Å². The summed E-state index contributed by atoms with van der Waals surface area (Å²) in [6, 6.07) is 6.73. The normalized spacial score (nSPS) is 21.3. The van der Waals surface area contributed by atoms with E-state index >= 15 is 0 Å². The van der Waals surface area contributed by atoms with Crippen LogP contribution >= 0.6 is 0 Å². The van der Waals surface area contributed by atoms with Crippen molar-refractivity contribution in [2.45, 2.75) is 25.4 Å². The molecule has 7 heteroatoms. The van der Waals surface area contributed by atoms with Crippen LogP contribution in [-0.2, 0) is 11.3 Å². The molecule has 0 saturated carbocycles. The van der Waals surface area contributed by atoms with Crippen molar-refractivity contribution >= 4 is 6.03 Å². The monoisotopic (exact) mass is 360 g/mol. The van der Waals surface area contributed by atoms with Gasteiger partial charge in [-0.3, -0.25) is 4.90 Å². The minimum Gasteiger partial charge on any atom is -0.378 e. The molecule has 2 heterocycles. The van der Waals surface area contributed by atoms with E-state index in [0.29, 0.717) is 44.0 Å². The van der Waals surface area contributed by atoms with Crippen LogP contribution in [0.5, 0.6) is 0 Å². The predicted octanol–water partition coefficient (Wildman–Crippen LogP) is 2.05. The maximum absolute atomic E-state index is 14.2. The molecular formula is C19H25FN4O2. The summed E-state index contributed by atoms with van der Waals surface area (Å²) in [5.41, 5.74) is 0.922. The zero-order valence-electron chi connectivity index (χ0n) is 15.2. The highest BCUT2D eigenvalue weighted by Gasteiger charge is 2.29. The Balaban J connectivity index is 1.60. The standard InChI is InChI=1S/C19H25FN4O2/c1-22(19(25)24-7-9-26-10-8-24)17-3-2-6-23(14-17)13-16-5-4-15(12-21)11-18(16)20/h4-5,11,17H,2-3,6-10,13-14H2,1H3. The number of benzene rings is 1. The smallest absolute Gasteiger partial charge is 0.320 e. The van der Waals surface area contributed by atoms with E-state index in [1.54, 1.807) is 12.1 Å². The quantitative estimate of drug-likeness (QED) is 0.828. The summed E-state index contributed by atoms with van der Waals surface area (Å²) < 4.78 is 19.5. The molecule has 1 aromatic rings. The van der Waals surface area contributed by atoms with Crippen molar-refractivity contribution in [3.05, 3.63) is 35.1 Å². The number of piperidine rings is 1. The maximum Gasteiger partial charge on any atom is 0.320 e. The SMILES string of the molecule is CN(C(=O)N1CCOCC1)C1CCCN(Cc2ccc(C#N)cc2F)C1. The van der Waals surface area contributed by atoms with Crippen LogP contribution in [0.1, 0.15) is 24.0 Å². The molecule has 2 saturated heterocycles. The summed E-state index contributed by atoms with van der Waals surface area (Å²) in [6.45, 7) is 4.56. The Hall–Kier alpha value is -2.17. The van der Waals surface area contributed by atoms with Gasteiger partial charge in [-0.1, -0.05) is 6.07 Å². The number of morpholine rings is 1. The highest BCUT2D eigenvalue weighted by Crippen LogP contribution is 2.20. The minimum atomic E-state index is -0.344. The fourth-order valence-corrected chi connectivity index (χ4v) is 3.61. The van der Waals surface area contributed by atoms with Gasteiger partial charge in [0.2, 0.25) is 0 Å². The molecule has 0 spiro atoms. The molecule has 3 rings (SSSR count). The minimum absolute atomic E-state index is 0.0460. The molecule has 2 aliphatic rings. The Labute approximate surface area is 153 Å². The summed E-state index contributed by atoms with van der Waals surface area (Å²) in [7, 11) is 1.86. The van der Waals surface area contributed by atoms with Gasteiger partial charge >= 0.3 is 6.03 Å². The first-order valence-electron chi connectivity index (χ1n) is 9.09. The average molecular weight is 360 g/mol. The van der Waals surface area contributed by atoms with Crippen molar-refractivity contribution in [3.8, 4) is 6.07 Å². The van der Waals surface area contributed by atoms with Crippen molar-refractivity contribution in [3.63, 3.8) is 0 Å². The molecule has 0 bridgehead atoms. The molecule has 1 aromatic carbocycles. The van der Waals surface area contributed by atoms with Gasteiger partial charge in [0.1, 0.15) is 5.82 Å². The molecule has 26 heavy (non-hydrogen) atoms. The number of carbonyl (C=O) groups excluding carboxylic acids is 1. The zero-order chi connectivity index (χ0) is 18.5. The number of likely N-dealkylation sites (tertiary alicyclic amines) is 1. The average Bonchev–Trinajstić information content (AvgIpc) is 2.69. The third-order valence-electron chi connectivity index (χ3n) is 5.19. The molecule has 2 amide bonds. The number of halogens is 1. The lowest BCUT2D eigenvalue weighted by Crippen LogP contribution is -2.54. The summed E-state index contributed by atoms with van der Waals surface area (Å²) in [6.07, 6.45) is 1.93. The Bertz CT molecular complexity index is 685. The predicted molar refractivity (Wildman–Crippen MR) is 95.0 cm³/mol. The molecule has 0 radical (unpaired) electrons. The third kappa shape index (κ3) is 4.32. The molecule has 140 valence electrons. The number of amides is 2. The Morgan fingerprint density at radius 1 is 1.38 bits per heavy atom. The molecule has 2 fully saturated rings. The number of urea groups is 1. The number of hydrogen-bond donors (Lipinski definition) is 0. The van der Waals surface area contributed by atoms with Crippen LogP contribution in [0.25, 0.3) is 0 Å². The summed E-state index contributed by atoms with van der Waals surface area (Å²) in [5.74, 6) is -0.344. The van der Waals surface area contributed by atoms with Crippen LogP contribution < -0.4 is 0 Å². The van der Waals surface area contributed by atoms with Crippen LogP contribution in [0.3, 0.4) is 0 Å². The van der Waals surface area contributed by atoms with Crippen LogP contribution in [0, 0.1) is 17.1 Å². The van der Waals surface area contributed by atoms with Crippen molar-refractivity contribution in [1.82, 2.24) is 14.7 Å².